The molecule has 1 radical (unpaired) electrons. The lowest BCUT2D eigenvalue weighted by atomic mass is 10.1. The molecule has 0 heterocycles. The molecule has 0 aliphatic heterocycles. The van der Waals surface area contributed by atoms with Gasteiger partial charge in [-0.3, -0.25) is 0 Å². The molecule has 0 aliphatic carbocycles. The number of hydrogen-bond acceptors (Lipinski definition) is 1. The molecule has 0 fully saturated rings. The third kappa shape index (κ3) is 2.72. The van der Waals surface area contributed by atoms with Crippen LogP contribution in [0.15, 0.2) is 30.3 Å². The van der Waals surface area contributed by atoms with E-state index in [0.29, 0.717) is 0 Å². The molecule has 0 atom stereocenters. The van der Waals surface area contributed by atoms with Crippen molar-refractivity contribution in [1.82, 2.24) is 0 Å². The largest absolute Gasteiger partial charge is 0.375 e. The number of rotatable bonds is 3. The predicted octanol–water partition coefficient (Wildman–Crippen LogP) is 2.43. The summed E-state index contributed by atoms with van der Waals surface area (Å²) in [6.45, 7) is 1.99. The van der Waals surface area contributed by atoms with Crippen molar-refractivity contribution in [2.24, 2.45) is 0 Å². The first-order chi connectivity index (χ1) is 5.33. The van der Waals surface area contributed by atoms with Crippen molar-refractivity contribution in [3.05, 3.63) is 42.0 Å². The van der Waals surface area contributed by atoms with Gasteiger partial charge >= 0.3 is 0 Å². The van der Waals surface area contributed by atoms with E-state index in [-0.39, 0.29) is 0 Å². The van der Waals surface area contributed by atoms with E-state index >= 15 is 0 Å². The Hall–Kier alpha value is -0.820. The number of methoxy groups -OCH3 is 1. The molecular weight excluding hydrogens is 136 g/mol. The minimum Gasteiger partial charge on any atom is -0.375 e. The standard InChI is InChI=1S/C10H13O/c1-9(11-2)8-10-6-4-3-5-7-10/h3-7H,8H2,1-2H3. The van der Waals surface area contributed by atoms with E-state index in [1.54, 1.807) is 7.11 Å². The third-order valence-corrected chi connectivity index (χ3v) is 1.64. The maximum absolute atomic E-state index is 5.07. The molecule has 0 saturated heterocycles. The van der Waals surface area contributed by atoms with Crippen LogP contribution >= 0.6 is 0 Å². The molecule has 1 rings (SSSR count). The second-order valence-electron chi connectivity index (χ2n) is 2.57. The van der Waals surface area contributed by atoms with Crippen LogP contribution in [0.2, 0.25) is 0 Å². The second-order valence-corrected chi connectivity index (χ2v) is 2.57. The maximum Gasteiger partial charge on any atom is 0.0979 e. The molecule has 0 amide bonds. The summed E-state index contributed by atoms with van der Waals surface area (Å²) >= 11 is 0. The second kappa shape index (κ2) is 4.14. The third-order valence-electron chi connectivity index (χ3n) is 1.64. The zero-order valence-electron chi connectivity index (χ0n) is 7.00. The molecule has 0 spiro atoms. The molecule has 0 aliphatic rings. The Morgan fingerprint density at radius 1 is 1.27 bits per heavy atom. The minimum atomic E-state index is 0.914. The number of hydrogen-bond donors (Lipinski definition) is 0. The fraction of sp³-hybridized carbons (Fsp3) is 0.300. The quantitative estimate of drug-likeness (QED) is 0.641. The predicted molar refractivity (Wildman–Crippen MR) is 46.1 cm³/mol. The summed E-state index contributed by atoms with van der Waals surface area (Å²) in [5.41, 5.74) is 1.30. The highest BCUT2D eigenvalue weighted by Gasteiger charge is 2.00. The van der Waals surface area contributed by atoms with Crippen LogP contribution in [0.5, 0.6) is 0 Å². The van der Waals surface area contributed by atoms with Crippen LogP contribution in [0.4, 0.5) is 0 Å². The van der Waals surface area contributed by atoms with Gasteiger partial charge in [-0.25, -0.2) is 0 Å². The highest BCUT2D eigenvalue weighted by molar-refractivity contribution is 5.17. The van der Waals surface area contributed by atoms with E-state index in [9.17, 15) is 0 Å². The van der Waals surface area contributed by atoms with E-state index in [0.717, 1.165) is 12.5 Å². The van der Waals surface area contributed by atoms with Crippen molar-refractivity contribution in [3.8, 4) is 0 Å². The van der Waals surface area contributed by atoms with Gasteiger partial charge in [0.25, 0.3) is 0 Å². The van der Waals surface area contributed by atoms with Crippen LogP contribution in [0.3, 0.4) is 0 Å². The van der Waals surface area contributed by atoms with Crippen LogP contribution in [-0.4, -0.2) is 7.11 Å². The molecule has 1 heteroatoms. The van der Waals surface area contributed by atoms with Gasteiger partial charge in [-0.15, -0.1) is 0 Å². The van der Waals surface area contributed by atoms with Crippen molar-refractivity contribution in [2.45, 2.75) is 13.3 Å². The molecule has 0 bridgehead atoms. The molecule has 1 nitrogen and oxygen atoms in total. The first-order valence-electron chi connectivity index (χ1n) is 3.73. The molecule has 0 unspecified atom stereocenters. The molecule has 1 aromatic rings. The van der Waals surface area contributed by atoms with E-state index in [4.69, 9.17) is 4.74 Å². The summed E-state index contributed by atoms with van der Waals surface area (Å²) < 4.78 is 5.07. The molecule has 1 aromatic carbocycles. The number of ether oxygens (including phenoxy) is 1. The minimum absolute atomic E-state index is 0.914. The van der Waals surface area contributed by atoms with Gasteiger partial charge in [0.15, 0.2) is 0 Å². The van der Waals surface area contributed by atoms with Crippen molar-refractivity contribution in [3.63, 3.8) is 0 Å². The van der Waals surface area contributed by atoms with Gasteiger partial charge in [0, 0.05) is 13.5 Å². The van der Waals surface area contributed by atoms with E-state index in [2.05, 4.69) is 12.1 Å². The maximum atomic E-state index is 5.07. The first kappa shape index (κ1) is 8.28. The highest BCUT2D eigenvalue weighted by atomic mass is 16.5. The SMILES string of the molecule is CO[C](C)Cc1ccccc1. The smallest absolute Gasteiger partial charge is 0.0979 e. The summed E-state index contributed by atoms with van der Waals surface area (Å²) in [6.07, 6.45) is 1.97. The van der Waals surface area contributed by atoms with Gasteiger partial charge in [-0.2, -0.15) is 0 Å². The van der Waals surface area contributed by atoms with Crippen molar-refractivity contribution in [1.29, 1.82) is 0 Å². The van der Waals surface area contributed by atoms with E-state index < -0.39 is 0 Å². The Morgan fingerprint density at radius 2 is 1.91 bits per heavy atom. The topological polar surface area (TPSA) is 9.23 Å². The normalized spacial score (nSPS) is 10.5. The summed E-state index contributed by atoms with van der Waals surface area (Å²) in [5.74, 6) is 0. The van der Waals surface area contributed by atoms with Gasteiger partial charge < -0.3 is 4.74 Å². The lowest BCUT2D eigenvalue weighted by Crippen LogP contribution is -1.98. The van der Waals surface area contributed by atoms with Crippen LogP contribution < -0.4 is 0 Å². The van der Waals surface area contributed by atoms with Crippen molar-refractivity contribution >= 4 is 0 Å². The van der Waals surface area contributed by atoms with Gasteiger partial charge in [0.2, 0.25) is 0 Å². The van der Waals surface area contributed by atoms with Crippen LogP contribution in [0.1, 0.15) is 12.5 Å². The Bertz CT molecular complexity index is 193. The first-order valence-corrected chi connectivity index (χ1v) is 3.73. The van der Waals surface area contributed by atoms with Gasteiger partial charge in [0.1, 0.15) is 0 Å². The zero-order chi connectivity index (χ0) is 8.10. The molecule has 0 N–H and O–H groups in total. The average Bonchev–Trinajstić information content (AvgIpc) is 2.06. The molecular formula is C10H13O. The van der Waals surface area contributed by atoms with Gasteiger partial charge in [0.05, 0.1) is 6.10 Å². The lowest BCUT2D eigenvalue weighted by Gasteiger charge is -2.06. The highest BCUT2D eigenvalue weighted by Crippen LogP contribution is 2.09. The fourth-order valence-electron chi connectivity index (χ4n) is 0.955. The summed E-state index contributed by atoms with van der Waals surface area (Å²) in [4.78, 5) is 0. The van der Waals surface area contributed by atoms with Crippen LogP contribution in [0.25, 0.3) is 0 Å². The Morgan fingerprint density at radius 3 is 2.45 bits per heavy atom. The molecule has 59 valence electrons. The Labute approximate surface area is 68.0 Å². The summed E-state index contributed by atoms with van der Waals surface area (Å²) in [5, 5.41) is 0. The molecule has 0 aromatic heterocycles. The molecule has 11 heavy (non-hydrogen) atoms. The lowest BCUT2D eigenvalue weighted by molar-refractivity contribution is 0.211. The van der Waals surface area contributed by atoms with Gasteiger partial charge in [-0.1, -0.05) is 30.3 Å². The zero-order valence-corrected chi connectivity index (χ0v) is 7.00. The van der Waals surface area contributed by atoms with Crippen LogP contribution in [-0.2, 0) is 11.2 Å². The van der Waals surface area contributed by atoms with E-state index in [1.807, 2.05) is 25.1 Å². The number of benzene rings is 1. The average molecular weight is 149 g/mol. The van der Waals surface area contributed by atoms with Crippen LogP contribution in [0, 0.1) is 6.10 Å². The monoisotopic (exact) mass is 149 g/mol. The Kier molecular flexibility index (Phi) is 3.12. The van der Waals surface area contributed by atoms with Gasteiger partial charge in [-0.05, 0) is 12.5 Å². The van der Waals surface area contributed by atoms with E-state index in [1.165, 1.54) is 5.56 Å². The van der Waals surface area contributed by atoms with Crippen molar-refractivity contribution < 1.29 is 4.74 Å². The fourth-order valence-corrected chi connectivity index (χ4v) is 0.955. The summed E-state index contributed by atoms with van der Waals surface area (Å²) in [7, 11) is 1.71. The molecule has 0 saturated carbocycles. The summed E-state index contributed by atoms with van der Waals surface area (Å²) in [6, 6.07) is 10.3. The van der Waals surface area contributed by atoms with Crippen molar-refractivity contribution in [2.75, 3.05) is 7.11 Å². The Balaban J connectivity index is 2.51.